The molecule has 0 saturated carbocycles. The van der Waals surface area contributed by atoms with Gasteiger partial charge in [0.2, 0.25) is 10.0 Å². The van der Waals surface area contributed by atoms with Gasteiger partial charge in [-0.25, -0.2) is 18.0 Å². The van der Waals surface area contributed by atoms with Gasteiger partial charge in [-0.2, -0.15) is 4.31 Å². The van der Waals surface area contributed by atoms with Crippen molar-refractivity contribution in [1.29, 1.82) is 0 Å². The van der Waals surface area contributed by atoms with E-state index in [1.54, 1.807) is 52.8 Å². The molecule has 0 amide bonds. The summed E-state index contributed by atoms with van der Waals surface area (Å²) < 4.78 is 33.3. The van der Waals surface area contributed by atoms with E-state index >= 15 is 0 Å². The molecule has 1 aromatic heterocycles. The summed E-state index contributed by atoms with van der Waals surface area (Å²) in [5.41, 5.74) is 7.57. The number of aromatic carboxylic acids is 1. The Hall–Kier alpha value is -3.45. The van der Waals surface area contributed by atoms with Crippen molar-refractivity contribution in [2.45, 2.75) is 38.0 Å². The normalized spacial score (nSPS) is 17.5. The minimum absolute atomic E-state index is 0.0169. The number of halogens is 1. The van der Waals surface area contributed by atoms with Gasteiger partial charge >= 0.3 is 11.9 Å². The fraction of sp³-hybridized carbons (Fsp3) is 0.321. The van der Waals surface area contributed by atoms with Crippen LogP contribution in [-0.2, 0) is 20.6 Å². The average Bonchev–Trinajstić information content (AvgIpc) is 3.21. The topological polar surface area (TPSA) is 160 Å². The number of aliphatic imine (C=N–C) groups is 1. The van der Waals surface area contributed by atoms with Crippen molar-refractivity contribution < 1.29 is 33.0 Å². The first-order valence-electron chi connectivity index (χ1n) is 12.7. The maximum atomic E-state index is 13.3. The van der Waals surface area contributed by atoms with Crippen LogP contribution < -0.4 is 10.5 Å². The van der Waals surface area contributed by atoms with Crippen LogP contribution in [0.15, 0.2) is 53.5 Å². The second-order valence-corrected chi connectivity index (χ2v) is 13.7. The van der Waals surface area contributed by atoms with Gasteiger partial charge < -0.3 is 20.7 Å². The van der Waals surface area contributed by atoms with Gasteiger partial charge in [0.1, 0.15) is 5.02 Å². The number of piperidine rings is 1. The molecule has 1 unspecified atom stereocenters. The number of aliphatic carboxylic acids is 1. The summed E-state index contributed by atoms with van der Waals surface area (Å²) in [6, 6.07) is 13.9. The van der Waals surface area contributed by atoms with E-state index in [0.29, 0.717) is 46.8 Å². The van der Waals surface area contributed by atoms with E-state index in [0.717, 1.165) is 11.3 Å². The lowest BCUT2D eigenvalue weighted by molar-refractivity contribution is -0.139. The van der Waals surface area contributed by atoms with Crippen molar-refractivity contribution in [2.24, 2.45) is 10.9 Å². The molecule has 4 rings (SSSR count). The number of carboxylic acid groups (broad SMARTS) is 2. The van der Waals surface area contributed by atoms with Crippen LogP contribution in [0.4, 0.5) is 11.4 Å². The largest absolute Gasteiger partial charge is 0.479 e. The van der Waals surface area contributed by atoms with Crippen LogP contribution in [0.3, 0.4) is 0 Å². The quantitative estimate of drug-likeness (QED) is 0.197. The van der Waals surface area contributed by atoms with Gasteiger partial charge in [-0.15, -0.1) is 11.3 Å². The van der Waals surface area contributed by atoms with E-state index in [4.69, 9.17) is 27.2 Å². The molecular formula is C28H30ClN3O7S2. The highest BCUT2D eigenvalue weighted by Crippen LogP contribution is 2.46. The number of thiophene rings is 1. The second-order valence-electron chi connectivity index (χ2n) is 10.4. The Labute approximate surface area is 247 Å². The molecule has 41 heavy (non-hydrogen) atoms. The molecule has 0 spiro atoms. The summed E-state index contributed by atoms with van der Waals surface area (Å²) in [5, 5.41) is 18.5. The fourth-order valence-corrected chi connectivity index (χ4v) is 8.32. The van der Waals surface area contributed by atoms with Crippen molar-refractivity contribution >= 4 is 62.5 Å². The van der Waals surface area contributed by atoms with Crippen LogP contribution in [0.5, 0.6) is 5.75 Å². The summed E-state index contributed by atoms with van der Waals surface area (Å²) in [5.74, 6) is -2.80. The van der Waals surface area contributed by atoms with Gasteiger partial charge in [-0.05, 0) is 68.0 Å². The monoisotopic (exact) mass is 619 g/mol. The zero-order chi connectivity index (χ0) is 29.9. The third-order valence-electron chi connectivity index (χ3n) is 6.66. The van der Waals surface area contributed by atoms with Gasteiger partial charge in [0.05, 0.1) is 16.3 Å². The number of nitrogen functional groups attached to an aromatic ring is 1. The Morgan fingerprint density at radius 1 is 1.22 bits per heavy atom. The molecule has 1 atom stereocenters. The molecule has 1 fully saturated rings. The highest BCUT2D eigenvalue weighted by molar-refractivity contribution is 7.88. The first kappa shape index (κ1) is 30.5. The van der Waals surface area contributed by atoms with Gasteiger partial charge in [0.25, 0.3) is 0 Å². The number of carboxylic acids is 2. The fourth-order valence-electron chi connectivity index (χ4n) is 4.95. The molecule has 4 N–H and O–H groups in total. The Morgan fingerprint density at radius 2 is 1.95 bits per heavy atom. The number of rotatable bonds is 10. The number of ether oxygens (including phenoxy) is 1. The first-order valence-corrected chi connectivity index (χ1v) is 15.5. The Bertz CT molecular complexity index is 1600. The predicted octanol–water partition coefficient (Wildman–Crippen LogP) is 5.54. The SMILES string of the molecule is CC1(C)CC(C=Nc2cccc(-c3sc(C(=O)O)c(OCC(=O)O)c3Cl)c2)CCN1S(=O)(=O)Cc1cccc(N)c1. The summed E-state index contributed by atoms with van der Waals surface area (Å²) in [7, 11) is -3.57. The lowest BCUT2D eigenvalue weighted by atomic mass is 9.85. The Morgan fingerprint density at radius 3 is 2.61 bits per heavy atom. The van der Waals surface area contributed by atoms with Gasteiger partial charge in [0, 0.05) is 24.0 Å². The van der Waals surface area contributed by atoms with E-state index in [1.807, 2.05) is 20.1 Å². The van der Waals surface area contributed by atoms with E-state index < -0.39 is 34.1 Å². The molecule has 0 aliphatic carbocycles. The molecular weight excluding hydrogens is 590 g/mol. The highest BCUT2D eigenvalue weighted by atomic mass is 35.5. The minimum atomic E-state index is -3.57. The minimum Gasteiger partial charge on any atom is -0.479 e. The molecule has 1 aliphatic heterocycles. The number of hydrogen-bond acceptors (Lipinski definition) is 8. The Balaban J connectivity index is 1.49. The number of sulfonamides is 1. The number of nitrogens with zero attached hydrogens (tertiary/aromatic N) is 2. The van der Waals surface area contributed by atoms with E-state index in [-0.39, 0.29) is 27.3 Å². The molecule has 1 saturated heterocycles. The van der Waals surface area contributed by atoms with Gasteiger partial charge in [-0.3, -0.25) is 4.99 Å². The molecule has 3 aromatic rings. The molecule has 2 heterocycles. The molecule has 1 aliphatic rings. The highest BCUT2D eigenvalue weighted by Gasteiger charge is 2.41. The second kappa shape index (κ2) is 12.2. The predicted molar refractivity (Wildman–Crippen MR) is 160 cm³/mol. The summed E-state index contributed by atoms with van der Waals surface area (Å²) in [6.45, 7) is 3.45. The van der Waals surface area contributed by atoms with E-state index in [2.05, 4.69) is 4.99 Å². The van der Waals surface area contributed by atoms with Crippen LogP contribution in [0, 0.1) is 5.92 Å². The zero-order valence-electron chi connectivity index (χ0n) is 22.4. The van der Waals surface area contributed by atoms with Crippen LogP contribution >= 0.6 is 22.9 Å². The summed E-state index contributed by atoms with van der Waals surface area (Å²) >= 11 is 7.30. The molecule has 13 heteroatoms. The van der Waals surface area contributed by atoms with Crippen LogP contribution in [-0.4, -0.2) is 59.8 Å². The van der Waals surface area contributed by atoms with E-state index in [1.165, 1.54) is 0 Å². The van der Waals surface area contributed by atoms with Crippen molar-refractivity contribution in [3.8, 4) is 16.2 Å². The zero-order valence-corrected chi connectivity index (χ0v) is 24.8. The van der Waals surface area contributed by atoms with Crippen molar-refractivity contribution in [2.75, 3.05) is 18.9 Å². The number of benzene rings is 2. The summed E-state index contributed by atoms with van der Waals surface area (Å²) in [6.07, 6.45) is 3.00. The van der Waals surface area contributed by atoms with Gasteiger partial charge in [-0.1, -0.05) is 35.9 Å². The Kier molecular flexibility index (Phi) is 9.07. The smallest absolute Gasteiger partial charge is 0.349 e. The molecule has 10 nitrogen and oxygen atoms in total. The lowest BCUT2D eigenvalue weighted by Gasteiger charge is -2.43. The molecule has 2 aromatic carbocycles. The number of carbonyl (C=O) groups is 2. The van der Waals surface area contributed by atoms with Crippen molar-refractivity contribution in [3.63, 3.8) is 0 Å². The van der Waals surface area contributed by atoms with Crippen LogP contribution in [0.25, 0.3) is 10.4 Å². The number of nitrogens with two attached hydrogens (primary N) is 1. The lowest BCUT2D eigenvalue weighted by Crippen LogP contribution is -2.53. The van der Waals surface area contributed by atoms with E-state index in [9.17, 15) is 23.1 Å². The third kappa shape index (κ3) is 7.25. The summed E-state index contributed by atoms with van der Waals surface area (Å²) in [4.78, 5) is 27.5. The number of anilines is 1. The van der Waals surface area contributed by atoms with Crippen molar-refractivity contribution in [1.82, 2.24) is 4.31 Å². The van der Waals surface area contributed by atoms with Gasteiger partial charge in [0.15, 0.2) is 17.2 Å². The third-order valence-corrected chi connectivity index (χ3v) is 10.4. The average molecular weight is 620 g/mol. The van der Waals surface area contributed by atoms with Crippen molar-refractivity contribution in [3.05, 3.63) is 64.0 Å². The van der Waals surface area contributed by atoms with Crippen LogP contribution in [0.1, 0.15) is 41.9 Å². The maximum Gasteiger partial charge on any atom is 0.349 e. The molecule has 0 bridgehead atoms. The standard InChI is InChI=1S/C28H30ClN3O7S2/c1-28(2)13-18(9-10-32(28)41(37,38)16-17-5-3-7-20(30)11-17)14-31-21-8-4-6-19(12-21)25-23(29)24(39-15-22(33)34)26(40-25)27(35)36/h3-8,11-12,14,18H,9-10,13,15-16,30H2,1-2H3,(H,33,34)(H,35,36). The molecule has 218 valence electrons. The number of hydrogen-bond donors (Lipinski definition) is 3. The van der Waals surface area contributed by atoms with Crippen LogP contribution in [0.2, 0.25) is 5.02 Å². The molecule has 0 radical (unpaired) electrons. The first-order chi connectivity index (χ1) is 19.3. The maximum absolute atomic E-state index is 13.3.